The highest BCUT2D eigenvalue weighted by atomic mass is 16.5. The lowest BCUT2D eigenvalue weighted by atomic mass is 10.1. The van der Waals surface area contributed by atoms with E-state index in [9.17, 15) is 0 Å². The maximum absolute atomic E-state index is 5.40. The molecule has 0 aliphatic heterocycles. The van der Waals surface area contributed by atoms with Gasteiger partial charge in [-0.15, -0.1) is 0 Å². The van der Waals surface area contributed by atoms with E-state index in [1.807, 2.05) is 20.2 Å². The van der Waals surface area contributed by atoms with Crippen LogP contribution in [0.3, 0.4) is 0 Å². The molecular weight excluding hydrogens is 238 g/mol. The predicted molar refractivity (Wildman–Crippen MR) is 76.1 cm³/mol. The molecule has 1 heterocycles. The van der Waals surface area contributed by atoms with Crippen molar-refractivity contribution < 1.29 is 4.52 Å². The highest BCUT2D eigenvalue weighted by Crippen LogP contribution is 2.24. The van der Waals surface area contributed by atoms with Crippen LogP contribution in [-0.2, 0) is 6.54 Å². The Morgan fingerprint density at radius 3 is 2.63 bits per heavy atom. The van der Waals surface area contributed by atoms with Gasteiger partial charge in [-0.25, -0.2) is 0 Å². The summed E-state index contributed by atoms with van der Waals surface area (Å²) in [5.74, 6) is 0.831. The van der Waals surface area contributed by atoms with Gasteiger partial charge in [0.2, 0.25) is 0 Å². The molecular formula is C15H19N3O. The fraction of sp³-hybridized carbons (Fsp3) is 0.400. The van der Waals surface area contributed by atoms with Gasteiger partial charge < -0.3 is 14.7 Å². The van der Waals surface area contributed by atoms with Crippen LogP contribution in [0.2, 0.25) is 0 Å². The molecule has 0 amide bonds. The summed E-state index contributed by atoms with van der Waals surface area (Å²) >= 11 is 0. The Morgan fingerprint density at radius 1 is 1.26 bits per heavy atom. The Kier molecular flexibility index (Phi) is 3.25. The van der Waals surface area contributed by atoms with Gasteiger partial charge in [0.05, 0.1) is 5.69 Å². The predicted octanol–water partition coefficient (Wildman–Crippen LogP) is 2.66. The van der Waals surface area contributed by atoms with E-state index < -0.39 is 0 Å². The topological polar surface area (TPSA) is 41.3 Å². The van der Waals surface area contributed by atoms with E-state index in [-0.39, 0.29) is 0 Å². The van der Waals surface area contributed by atoms with Gasteiger partial charge in [-0.2, -0.15) is 0 Å². The number of benzene rings is 1. The SMILES string of the molecule is CN(C)c1ccc(-c2cc(CNC3CC3)no2)cc1. The number of nitrogens with one attached hydrogen (secondary N) is 1. The van der Waals surface area contributed by atoms with Crippen LogP contribution in [-0.4, -0.2) is 25.3 Å². The van der Waals surface area contributed by atoms with Crippen molar-refractivity contribution >= 4 is 5.69 Å². The Hall–Kier alpha value is -1.81. The molecule has 1 fully saturated rings. The number of anilines is 1. The minimum absolute atomic E-state index is 0.694. The molecule has 3 rings (SSSR count). The summed E-state index contributed by atoms with van der Waals surface area (Å²) in [4.78, 5) is 2.08. The number of hydrogen-bond acceptors (Lipinski definition) is 4. The quantitative estimate of drug-likeness (QED) is 0.894. The molecule has 1 N–H and O–H groups in total. The average Bonchev–Trinajstić information content (AvgIpc) is 3.13. The highest BCUT2D eigenvalue weighted by Gasteiger charge is 2.20. The first-order valence-corrected chi connectivity index (χ1v) is 6.69. The molecule has 0 atom stereocenters. The minimum Gasteiger partial charge on any atom is -0.378 e. The number of hydrogen-bond donors (Lipinski definition) is 1. The molecule has 4 heteroatoms. The molecule has 0 bridgehead atoms. The van der Waals surface area contributed by atoms with Gasteiger partial charge in [-0.3, -0.25) is 0 Å². The number of rotatable bonds is 5. The maximum atomic E-state index is 5.40. The molecule has 19 heavy (non-hydrogen) atoms. The summed E-state index contributed by atoms with van der Waals surface area (Å²) in [6.45, 7) is 0.796. The molecule has 0 unspecified atom stereocenters. The van der Waals surface area contributed by atoms with Crippen LogP contribution < -0.4 is 10.2 Å². The van der Waals surface area contributed by atoms with Gasteiger partial charge in [0.25, 0.3) is 0 Å². The van der Waals surface area contributed by atoms with Crippen LogP contribution >= 0.6 is 0 Å². The Labute approximate surface area is 113 Å². The van der Waals surface area contributed by atoms with Gasteiger partial charge in [-0.05, 0) is 37.1 Å². The van der Waals surface area contributed by atoms with Gasteiger partial charge in [-0.1, -0.05) is 5.16 Å². The molecule has 1 aliphatic rings. The van der Waals surface area contributed by atoms with Crippen LogP contribution in [0.25, 0.3) is 11.3 Å². The van der Waals surface area contributed by atoms with E-state index in [2.05, 4.69) is 39.6 Å². The molecule has 4 nitrogen and oxygen atoms in total. The van der Waals surface area contributed by atoms with Crippen LogP contribution in [0.15, 0.2) is 34.9 Å². The summed E-state index contributed by atoms with van der Waals surface area (Å²) in [6, 6.07) is 11.0. The fourth-order valence-corrected chi connectivity index (χ4v) is 1.99. The lowest BCUT2D eigenvalue weighted by Gasteiger charge is -2.11. The number of aromatic nitrogens is 1. The van der Waals surface area contributed by atoms with Crippen LogP contribution in [0.5, 0.6) is 0 Å². The van der Waals surface area contributed by atoms with Gasteiger partial charge in [0.1, 0.15) is 0 Å². The molecule has 2 aromatic rings. The first-order valence-electron chi connectivity index (χ1n) is 6.69. The fourth-order valence-electron chi connectivity index (χ4n) is 1.99. The van der Waals surface area contributed by atoms with Gasteiger partial charge >= 0.3 is 0 Å². The van der Waals surface area contributed by atoms with Crippen LogP contribution in [0, 0.1) is 0 Å². The van der Waals surface area contributed by atoms with Crippen LogP contribution in [0.1, 0.15) is 18.5 Å². The van der Waals surface area contributed by atoms with Crippen molar-refractivity contribution in [2.45, 2.75) is 25.4 Å². The minimum atomic E-state index is 0.694. The zero-order valence-electron chi connectivity index (χ0n) is 11.4. The van der Waals surface area contributed by atoms with Crippen molar-refractivity contribution in [1.29, 1.82) is 0 Å². The van der Waals surface area contributed by atoms with Crippen molar-refractivity contribution in [3.63, 3.8) is 0 Å². The van der Waals surface area contributed by atoms with Crippen molar-refractivity contribution in [3.05, 3.63) is 36.0 Å². The Bertz CT molecular complexity index is 541. The lowest BCUT2D eigenvalue weighted by Crippen LogP contribution is -2.15. The van der Waals surface area contributed by atoms with E-state index in [0.717, 1.165) is 23.6 Å². The molecule has 0 saturated heterocycles. The molecule has 0 spiro atoms. The van der Waals surface area contributed by atoms with Crippen molar-refractivity contribution in [2.24, 2.45) is 0 Å². The van der Waals surface area contributed by atoms with Crippen molar-refractivity contribution in [2.75, 3.05) is 19.0 Å². The molecule has 1 aliphatic carbocycles. The summed E-state index contributed by atoms with van der Waals surface area (Å²) in [7, 11) is 4.07. The summed E-state index contributed by atoms with van der Waals surface area (Å²) in [5, 5.41) is 7.53. The smallest absolute Gasteiger partial charge is 0.167 e. The van der Waals surface area contributed by atoms with Crippen molar-refractivity contribution in [3.8, 4) is 11.3 Å². The zero-order valence-corrected chi connectivity index (χ0v) is 11.4. The van der Waals surface area contributed by atoms with Crippen LogP contribution in [0.4, 0.5) is 5.69 Å². The van der Waals surface area contributed by atoms with Gasteiger partial charge in [0.15, 0.2) is 5.76 Å². The van der Waals surface area contributed by atoms with Gasteiger partial charge in [0, 0.05) is 44.0 Å². The largest absolute Gasteiger partial charge is 0.378 e. The summed E-state index contributed by atoms with van der Waals surface area (Å²) < 4.78 is 5.40. The summed E-state index contributed by atoms with van der Waals surface area (Å²) in [5.41, 5.74) is 3.22. The molecule has 0 radical (unpaired) electrons. The van der Waals surface area contributed by atoms with E-state index >= 15 is 0 Å². The van der Waals surface area contributed by atoms with Crippen molar-refractivity contribution in [1.82, 2.24) is 10.5 Å². The highest BCUT2D eigenvalue weighted by molar-refractivity contribution is 5.61. The average molecular weight is 257 g/mol. The monoisotopic (exact) mass is 257 g/mol. The second-order valence-electron chi connectivity index (χ2n) is 5.28. The second-order valence-corrected chi connectivity index (χ2v) is 5.28. The summed E-state index contributed by atoms with van der Waals surface area (Å²) in [6.07, 6.45) is 2.58. The third kappa shape index (κ3) is 2.96. The lowest BCUT2D eigenvalue weighted by molar-refractivity contribution is 0.420. The third-order valence-electron chi connectivity index (χ3n) is 3.38. The zero-order chi connectivity index (χ0) is 13.2. The molecule has 1 aromatic carbocycles. The van der Waals surface area contributed by atoms with E-state index in [0.29, 0.717) is 6.04 Å². The Morgan fingerprint density at radius 2 is 2.00 bits per heavy atom. The first kappa shape index (κ1) is 12.2. The number of nitrogens with zero attached hydrogens (tertiary/aromatic N) is 2. The Balaban J connectivity index is 1.70. The van der Waals surface area contributed by atoms with E-state index in [1.54, 1.807) is 0 Å². The second kappa shape index (κ2) is 5.05. The molecule has 1 aromatic heterocycles. The normalized spacial score (nSPS) is 14.6. The maximum Gasteiger partial charge on any atom is 0.167 e. The molecule has 100 valence electrons. The standard InChI is InChI=1S/C15H19N3O/c1-18(2)14-7-3-11(4-8-14)15-9-13(17-19-15)10-16-12-5-6-12/h3-4,7-9,12,16H,5-6,10H2,1-2H3. The third-order valence-corrected chi connectivity index (χ3v) is 3.38. The van der Waals surface area contributed by atoms with E-state index in [1.165, 1.54) is 18.5 Å². The van der Waals surface area contributed by atoms with E-state index in [4.69, 9.17) is 4.52 Å². The molecule has 1 saturated carbocycles. The first-order chi connectivity index (χ1) is 9.22.